The fourth-order valence-electron chi connectivity index (χ4n) is 2.72. The van der Waals surface area contributed by atoms with Crippen LogP contribution in [0.5, 0.6) is 0 Å². The summed E-state index contributed by atoms with van der Waals surface area (Å²) < 4.78 is 6.30. The van der Waals surface area contributed by atoms with Gasteiger partial charge in [-0.3, -0.25) is 14.4 Å². The highest BCUT2D eigenvalue weighted by atomic mass is 16.3. The second-order valence-electron chi connectivity index (χ2n) is 6.39. The maximum Gasteiger partial charge on any atom is 0.291 e. The van der Waals surface area contributed by atoms with Crippen LogP contribution in [-0.4, -0.2) is 33.4 Å². The molecular weight excluding hydrogens is 322 g/mol. The topological polar surface area (TPSA) is 84.6 Å². The zero-order valence-corrected chi connectivity index (χ0v) is 15.1. The zero-order chi connectivity index (χ0) is 18.7. The van der Waals surface area contributed by atoms with Crippen molar-refractivity contribution in [1.29, 1.82) is 0 Å². The maximum absolute atomic E-state index is 12.8. The summed E-state index contributed by atoms with van der Waals surface area (Å²) in [6, 6.07) is 4.49. The predicted molar refractivity (Wildman–Crippen MR) is 94.8 cm³/mol. The first-order valence-electron chi connectivity index (χ1n) is 8.10. The predicted octanol–water partition coefficient (Wildman–Crippen LogP) is 2.49. The molecule has 134 valence electrons. The molecule has 2 amide bonds. The van der Waals surface area contributed by atoms with Crippen LogP contribution < -0.4 is 10.9 Å². The van der Waals surface area contributed by atoms with Crippen molar-refractivity contribution in [3.8, 4) is 0 Å². The molecule has 0 unspecified atom stereocenters. The summed E-state index contributed by atoms with van der Waals surface area (Å²) in [4.78, 5) is 39.0. The third-order valence-electron chi connectivity index (χ3n) is 3.77. The summed E-state index contributed by atoms with van der Waals surface area (Å²) in [6.45, 7) is 7.72. The number of anilines is 1. The van der Waals surface area contributed by atoms with Crippen LogP contribution in [0.1, 0.15) is 48.6 Å². The lowest BCUT2D eigenvalue weighted by molar-refractivity contribution is 0.0642. The van der Waals surface area contributed by atoms with E-state index in [1.807, 2.05) is 27.7 Å². The van der Waals surface area contributed by atoms with E-state index in [1.54, 1.807) is 11.0 Å². The molecule has 2 heterocycles. The van der Waals surface area contributed by atoms with Crippen molar-refractivity contribution in [2.75, 3.05) is 5.32 Å². The number of carbonyl (C=O) groups excluding carboxylic acids is 2. The van der Waals surface area contributed by atoms with Crippen molar-refractivity contribution in [3.05, 3.63) is 52.3 Å². The van der Waals surface area contributed by atoms with Gasteiger partial charge in [-0.15, -0.1) is 0 Å². The number of furan rings is 1. The van der Waals surface area contributed by atoms with E-state index in [2.05, 4.69) is 5.32 Å². The van der Waals surface area contributed by atoms with E-state index in [-0.39, 0.29) is 29.4 Å². The average molecular weight is 345 g/mol. The monoisotopic (exact) mass is 345 g/mol. The molecule has 0 bridgehead atoms. The van der Waals surface area contributed by atoms with Crippen LogP contribution in [-0.2, 0) is 7.05 Å². The van der Waals surface area contributed by atoms with E-state index in [4.69, 9.17) is 4.42 Å². The van der Waals surface area contributed by atoms with Gasteiger partial charge in [-0.2, -0.15) is 0 Å². The number of pyridine rings is 1. The molecule has 0 saturated carbocycles. The molecule has 7 nitrogen and oxygen atoms in total. The van der Waals surface area contributed by atoms with Gasteiger partial charge in [0.15, 0.2) is 5.76 Å². The van der Waals surface area contributed by atoms with Crippen molar-refractivity contribution >= 4 is 17.5 Å². The second-order valence-corrected chi connectivity index (χ2v) is 6.39. The van der Waals surface area contributed by atoms with E-state index in [0.29, 0.717) is 5.56 Å². The Morgan fingerprint density at radius 2 is 1.84 bits per heavy atom. The Kier molecular flexibility index (Phi) is 5.46. The molecular formula is C18H23N3O4. The molecule has 2 aromatic heterocycles. The van der Waals surface area contributed by atoms with Gasteiger partial charge < -0.3 is 19.2 Å². The summed E-state index contributed by atoms with van der Waals surface area (Å²) in [5, 5.41) is 2.51. The van der Waals surface area contributed by atoms with Crippen molar-refractivity contribution in [2.24, 2.45) is 7.05 Å². The van der Waals surface area contributed by atoms with E-state index in [9.17, 15) is 14.4 Å². The summed E-state index contributed by atoms with van der Waals surface area (Å²) in [5.41, 5.74) is -0.0430. The van der Waals surface area contributed by atoms with E-state index < -0.39 is 11.5 Å². The lowest BCUT2D eigenvalue weighted by Crippen LogP contribution is -2.42. The number of aryl methyl sites for hydroxylation is 1. The first-order valence-corrected chi connectivity index (χ1v) is 8.10. The molecule has 0 saturated heterocycles. The van der Waals surface area contributed by atoms with Crippen molar-refractivity contribution in [1.82, 2.24) is 9.47 Å². The normalized spacial score (nSPS) is 11.0. The number of nitrogens with one attached hydrogen (secondary N) is 1. The van der Waals surface area contributed by atoms with Gasteiger partial charge in [-0.1, -0.05) is 0 Å². The minimum atomic E-state index is -0.545. The van der Waals surface area contributed by atoms with Crippen LogP contribution in [0, 0.1) is 0 Å². The number of aromatic nitrogens is 1. The van der Waals surface area contributed by atoms with Crippen LogP contribution in [0.4, 0.5) is 5.69 Å². The summed E-state index contributed by atoms with van der Waals surface area (Å²) in [6.07, 6.45) is 2.85. The van der Waals surface area contributed by atoms with Gasteiger partial charge in [-0.25, -0.2) is 0 Å². The third kappa shape index (κ3) is 3.99. The van der Waals surface area contributed by atoms with Gasteiger partial charge >= 0.3 is 0 Å². The van der Waals surface area contributed by atoms with E-state index >= 15 is 0 Å². The molecule has 0 aliphatic rings. The van der Waals surface area contributed by atoms with Gasteiger partial charge in [0.05, 0.1) is 11.8 Å². The highest BCUT2D eigenvalue weighted by Gasteiger charge is 2.23. The Hall–Kier alpha value is -2.83. The van der Waals surface area contributed by atoms with Gasteiger partial charge in [0, 0.05) is 25.3 Å². The SMILES string of the molecule is CC(C)N(C(=O)c1cc(NC(=O)c2ccco2)c(=O)n(C)c1)C(C)C. The minimum Gasteiger partial charge on any atom is -0.459 e. The quantitative estimate of drug-likeness (QED) is 0.902. The molecule has 0 aliphatic heterocycles. The minimum absolute atomic E-state index is 0.00546. The number of rotatable bonds is 5. The molecule has 2 rings (SSSR count). The fraction of sp³-hybridized carbons (Fsp3) is 0.389. The first-order chi connectivity index (χ1) is 11.7. The van der Waals surface area contributed by atoms with Gasteiger partial charge in [0.1, 0.15) is 5.69 Å². The standard InChI is InChI=1S/C18H23N3O4/c1-11(2)21(12(3)4)17(23)13-9-14(18(24)20(5)10-13)19-16(22)15-7-6-8-25-15/h6-12H,1-5H3,(H,19,22). The summed E-state index contributed by atoms with van der Waals surface area (Å²) >= 11 is 0. The lowest BCUT2D eigenvalue weighted by Gasteiger charge is -2.31. The largest absolute Gasteiger partial charge is 0.459 e. The Morgan fingerprint density at radius 3 is 2.36 bits per heavy atom. The Bertz CT molecular complexity index is 811. The summed E-state index contributed by atoms with van der Waals surface area (Å²) in [5.74, 6) is -0.657. The van der Waals surface area contributed by atoms with Crippen molar-refractivity contribution < 1.29 is 14.0 Å². The molecule has 0 fully saturated rings. The van der Waals surface area contributed by atoms with Gasteiger partial charge in [0.25, 0.3) is 17.4 Å². The Balaban J connectivity index is 2.39. The van der Waals surface area contributed by atoms with Crippen LogP contribution in [0.15, 0.2) is 39.9 Å². The van der Waals surface area contributed by atoms with Crippen LogP contribution in [0.3, 0.4) is 0 Å². The van der Waals surface area contributed by atoms with E-state index in [1.165, 1.54) is 36.2 Å². The molecule has 0 aromatic carbocycles. The van der Waals surface area contributed by atoms with Crippen molar-refractivity contribution in [3.63, 3.8) is 0 Å². The second kappa shape index (κ2) is 7.38. The molecule has 25 heavy (non-hydrogen) atoms. The van der Waals surface area contributed by atoms with Crippen LogP contribution in [0.2, 0.25) is 0 Å². The Morgan fingerprint density at radius 1 is 1.20 bits per heavy atom. The highest BCUT2D eigenvalue weighted by molar-refractivity contribution is 6.03. The van der Waals surface area contributed by atoms with Crippen molar-refractivity contribution in [2.45, 2.75) is 39.8 Å². The number of hydrogen-bond acceptors (Lipinski definition) is 4. The molecule has 0 atom stereocenters. The molecule has 0 aliphatic carbocycles. The zero-order valence-electron chi connectivity index (χ0n) is 15.1. The fourth-order valence-corrected chi connectivity index (χ4v) is 2.72. The Labute approximate surface area is 146 Å². The first kappa shape index (κ1) is 18.5. The summed E-state index contributed by atoms with van der Waals surface area (Å²) in [7, 11) is 1.54. The molecule has 0 spiro atoms. The smallest absolute Gasteiger partial charge is 0.291 e. The molecule has 2 aromatic rings. The average Bonchev–Trinajstić information content (AvgIpc) is 3.05. The molecule has 1 N–H and O–H groups in total. The number of nitrogens with zero attached hydrogens (tertiary/aromatic N) is 2. The molecule has 0 radical (unpaired) electrons. The number of amides is 2. The van der Waals surface area contributed by atoms with Crippen LogP contribution in [0.25, 0.3) is 0 Å². The number of carbonyl (C=O) groups is 2. The van der Waals surface area contributed by atoms with Gasteiger partial charge in [0.2, 0.25) is 0 Å². The van der Waals surface area contributed by atoms with E-state index in [0.717, 1.165) is 0 Å². The lowest BCUT2D eigenvalue weighted by atomic mass is 10.1. The number of hydrogen-bond donors (Lipinski definition) is 1. The molecule has 7 heteroatoms. The van der Waals surface area contributed by atoms with Gasteiger partial charge in [-0.05, 0) is 45.9 Å². The van der Waals surface area contributed by atoms with Crippen LogP contribution >= 0.6 is 0 Å². The highest BCUT2D eigenvalue weighted by Crippen LogP contribution is 2.14. The third-order valence-corrected chi connectivity index (χ3v) is 3.77. The maximum atomic E-state index is 12.8.